The Labute approximate surface area is 201 Å². The molecule has 1 amide bonds. The van der Waals surface area contributed by atoms with Crippen molar-refractivity contribution < 1.29 is 9.90 Å². The van der Waals surface area contributed by atoms with E-state index >= 15 is 0 Å². The molecule has 1 N–H and O–H groups in total. The van der Waals surface area contributed by atoms with E-state index in [1.54, 1.807) is 0 Å². The lowest BCUT2D eigenvalue weighted by atomic mass is 9.66. The Hall–Kier alpha value is -1.81. The van der Waals surface area contributed by atoms with Crippen LogP contribution in [-0.2, 0) is 4.79 Å². The minimum absolute atomic E-state index is 0.0148. The highest BCUT2D eigenvalue weighted by atomic mass is 35.5. The molecule has 1 saturated heterocycles. The molecule has 2 aromatic rings. The molecule has 32 heavy (non-hydrogen) atoms. The van der Waals surface area contributed by atoms with Crippen LogP contribution in [0.25, 0.3) is 0 Å². The second-order valence-corrected chi connectivity index (χ2v) is 10.7. The molecule has 6 atom stereocenters. The lowest BCUT2D eigenvalue weighted by Gasteiger charge is -2.53. The molecule has 1 aliphatic heterocycles. The SMILES string of the molecule is C=CC[C@@]1(C)C[C@H](c2cccc(Cl)c2)[C@@H](c2ccc(Cl)cc2)N([C@]2([C@H](C)O)C[C@H]2C)C1=O. The number of aliphatic hydroxyl groups is 1. The van der Waals surface area contributed by atoms with Gasteiger partial charge in [-0.3, -0.25) is 4.79 Å². The third-order valence-corrected chi connectivity index (χ3v) is 8.13. The van der Waals surface area contributed by atoms with E-state index in [0.29, 0.717) is 22.9 Å². The van der Waals surface area contributed by atoms with Gasteiger partial charge in [-0.1, -0.05) is 67.4 Å². The number of rotatable bonds is 6. The van der Waals surface area contributed by atoms with Crippen molar-refractivity contribution >= 4 is 29.1 Å². The normalized spacial score (nSPS) is 33.1. The van der Waals surface area contributed by atoms with Gasteiger partial charge in [-0.15, -0.1) is 6.58 Å². The van der Waals surface area contributed by atoms with E-state index in [-0.39, 0.29) is 23.8 Å². The van der Waals surface area contributed by atoms with Gasteiger partial charge in [-0.2, -0.15) is 0 Å². The van der Waals surface area contributed by atoms with Gasteiger partial charge in [0.05, 0.1) is 23.1 Å². The summed E-state index contributed by atoms with van der Waals surface area (Å²) in [4.78, 5) is 16.2. The number of halogens is 2. The van der Waals surface area contributed by atoms with Gasteiger partial charge < -0.3 is 10.0 Å². The van der Waals surface area contributed by atoms with Crippen LogP contribution in [0.3, 0.4) is 0 Å². The maximum Gasteiger partial charge on any atom is 0.229 e. The Balaban J connectivity index is 1.94. The molecule has 0 radical (unpaired) electrons. The molecule has 4 rings (SSSR count). The van der Waals surface area contributed by atoms with E-state index in [4.69, 9.17) is 23.2 Å². The Kier molecular flexibility index (Phi) is 6.21. The van der Waals surface area contributed by atoms with Crippen LogP contribution in [0.15, 0.2) is 61.2 Å². The zero-order chi connectivity index (χ0) is 23.3. The first-order valence-electron chi connectivity index (χ1n) is 11.3. The maximum atomic E-state index is 14.2. The number of hydrogen-bond donors (Lipinski definition) is 1. The first-order chi connectivity index (χ1) is 15.1. The van der Waals surface area contributed by atoms with Gasteiger partial charge in [0.15, 0.2) is 0 Å². The van der Waals surface area contributed by atoms with Crippen molar-refractivity contribution in [3.05, 3.63) is 82.4 Å². The molecule has 1 aliphatic carbocycles. The molecule has 3 nitrogen and oxygen atoms in total. The zero-order valence-corrected chi connectivity index (χ0v) is 20.4. The molecule has 1 saturated carbocycles. The molecule has 5 heteroatoms. The third kappa shape index (κ3) is 3.79. The standard InChI is InChI=1S/C27H31Cl2NO2/c1-5-13-26(4)16-23(20-7-6-8-22(29)14-20)24(19-9-11-21(28)12-10-19)30(25(26)32)27(18(3)31)15-17(27)2/h5-12,14,17-18,23-24,31H,1,13,15-16H2,2-4H3/t17-,18+,23-,24-,26+,27-/m1/s1. The lowest BCUT2D eigenvalue weighted by molar-refractivity contribution is -0.161. The first kappa shape index (κ1) is 23.4. The predicted molar refractivity (Wildman–Crippen MR) is 131 cm³/mol. The number of carbonyl (C=O) groups excluding carboxylic acids is 1. The van der Waals surface area contributed by atoms with Gasteiger partial charge in [0.1, 0.15) is 0 Å². The minimum Gasteiger partial charge on any atom is -0.391 e. The van der Waals surface area contributed by atoms with E-state index in [1.165, 1.54) is 0 Å². The van der Waals surface area contributed by atoms with Crippen LogP contribution in [0.4, 0.5) is 0 Å². The fourth-order valence-electron chi connectivity index (χ4n) is 5.85. The fourth-order valence-corrected chi connectivity index (χ4v) is 6.17. The molecular formula is C27H31Cl2NO2. The molecule has 2 fully saturated rings. The predicted octanol–water partition coefficient (Wildman–Crippen LogP) is 6.79. The summed E-state index contributed by atoms with van der Waals surface area (Å²) >= 11 is 12.6. The van der Waals surface area contributed by atoms with E-state index in [0.717, 1.165) is 17.5 Å². The number of nitrogens with zero attached hydrogens (tertiary/aromatic N) is 1. The molecule has 1 heterocycles. The quantitative estimate of drug-likeness (QED) is 0.470. The topological polar surface area (TPSA) is 40.5 Å². The van der Waals surface area contributed by atoms with Crippen molar-refractivity contribution in [3.63, 3.8) is 0 Å². The monoisotopic (exact) mass is 471 g/mol. The van der Waals surface area contributed by atoms with Gasteiger partial charge in [0.2, 0.25) is 5.91 Å². The average Bonchev–Trinajstić information content (AvgIpc) is 3.42. The molecule has 0 bridgehead atoms. The van der Waals surface area contributed by atoms with Crippen molar-refractivity contribution in [2.45, 2.75) is 63.6 Å². The van der Waals surface area contributed by atoms with Crippen LogP contribution in [0.1, 0.15) is 63.1 Å². The number of allylic oxidation sites excluding steroid dienone is 1. The summed E-state index contributed by atoms with van der Waals surface area (Å²) in [5.41, 5.74) is 0.926. The van der Waals surface area contributed by atoms with Crippen LogP contribution >= 0.6 is 23.2 Å². The summed E-state index contributed by atoms with van der Waals surface area (Å²) in [6, 6.07) is 15.5. The second kappa shape index (κ2) is 8.52. The molecule has 2 aromatic carbocycles. The fraction of sp³-hybridized carbons (Fsp3) is 0.444. The van der Waals surface area contributed by atoms with Crippen molar-refractivity contribution in [1.29, 1.82) is 0 Å². The van der Waals surface area contributed by atoms with E-state index in [9.17, 15) is 9.90 Å². The van der Waals surface area contributed by atoms with Gasteiger partial charge >= 0.3 is 0 Å². The van der Waals surface area contributed by atoms with Crippen molar-refractivity contribution in [2.75, 3.05) is 0 Å². The smallest absolute Gasteiger partial charge is 0.229 e. The molecular weight excluding hydrogens is 441 g/mol. The van der Waals surface area contributed by atoms with E-state index in [2.05, 4.69) is 19.6 Å². The Morgan fingerprint density at radius 1 is 1.16 bits per heavy atom. The summed E-state index contributed by atoms with van der Waals surface area (Å²) in [5.74, 6) is 0.314. The highest BCUT2D eigenvalue weighted by molar-refractivity contribution is 6.30. The second-order valence-electron chi connectivity index (χ2n) is 9.86. The number of likely N-dealkylation sites (tertiary alicyclic amines) is 1. The lowest BCUT2D eigenvalue weighted by Crippen LogP contribution is -2.60. The van der Waals surface area contributed by atoms with E-state index < -0.39 is 17.1 Å². The number of hydrogen-bond acceptors (Lipinski definition) is 2. The summed E-state index contributed by atoms with van der Waals surface area (Å²) in [7, 11) is 0. The zero-order valence-electron chi connectivity index (χ0n) is 18.9. The summed E-state index contributed by atoms with van der Waals surface area (Å²) in [5, 5.41) is 12.3. The molecule has 0 aromatic heterocycles. The Bertz CT molecular complexity index is 1020. The van der Waals surface area contributed by atoms with Gasteiger partial charge in [-0.05, 0) is 67.5 Å². The summed E-state index contributed by atoms with van der Waals surface area (Å²) in [6.07, 6.45) is 3.23. The van der Waals surface area contributed by atoms with Gasteiger partial charge in [-0.25, -0.2) is 0 Å². The van der Waals surface area contributed by atoms with Gasteiger partial charge in [0.25, 0.3) is 0 Å². The number of piperidine rings is 1. The van der Waals surface area contributed by atoms with Crippen molar-refractivity contribution in [1.82, 2.24) is 4.90 Å². The van der Waals surface area contributed by atoms with Crippen LogP contribution in [-0.4, -0.2) is 27.6 Å². The highest BCUT2D eigenvalue weighted by Crippen LogP contribution is 2.61. The van der Waals surface area contributed by atoms with Gasteiger partial charge in [0, 0.05) is 16.0 Å². The maximum absolute atomic E-state index is 14.2. The number of amides is 1. The third-order valence-electron chi connectivity index (χ3n) is 7.65. The summed E-state index contributed by atoms with van der Waals surface area (Å²) in [6.45, 7) is 9.89. The van der Waals surface area contributed by atoms with Crippen molar-refractivity contribution in [3.8, 4) is 0 Å². The average molecular weight is 472 g/mol. The highest BCUT2D eigenvalue weighted by Gasteiger charge is 2.66. The van der Waals surface area contributed by atoms with E-state index in [1.807, 2.05) is 67.3 Å². The van der Waals surface area contributed by atoms with Crippen LogP contribution in [0.2, 0.25) is 10.0 Å². The molecule has 0 unspecified atom stereocenters. The summed E-state index contributed by atoms with van der Waals surface area (Å²) < 4.78 is 0. The number of benzene rings is 2. The molecule has 2 aliphatic rings. The van der Waals surface area contributed by atoms with Crippen LogP contribution in [0.5, 0.6) is 0 Å². The minimum atomic E-state index is -0.637. The molecule has 0 spiro atoms. The largest absolute Gasteiger partial charge is 0.391 e. The first-order valence-corrected chi connectivity index (χ1v) is 12.0. The molecule has 170 valence electrons. The number of aliphatic hydroxyl groups excluding tert-OH is 1. The number of carbonyl (C=O) groups is 1. The Morgan fingerprint density at radius 2 is 1.81 bits per heavy atom. The van der Waals surface area contributed by atoms with Crippen LogP contribution < -0.4 is 0 Å². The Morgan fingerprint density at radius 3 is 2.34 bits per heavy atom. The van der Waals surface area contributed by atoms with Crippen LogP contribution in [0, 0.1) is 11.3 Å². The van der Waals surface area contributed by atoms with Crippen molar-refractivity contribution in [2.24, 2.45) is 11.3 Å².